The highest BCUT2D eigenvalue weighted by molar-refractivity contribution is 7.87. The average Bonchev–Trinajstić information content (AvgIpc) is 2.69. The highest BCUT2D eigenvalue weighted by Gasteiger charge is 2.18. The van der Waals surface area contributed by atoms with Crippen LogP contribution in [0, 0.1) is 12.7 Å². The van der Waals surface area contributed by atoms with Crippen LogP contribution in [0.3, 0.4) is 0 Å². The molecule has 7 heteroatoms. The van der Waals surface area contributed by atoms with Crippen LogP contribution in [-0.4, -0.2) is 14.3 Å². The van der Waals surface area contributed by atoms with Gasteiger partial charge in [0.1, 0.15) is 16.5 Å². The maximum absolute atomic E-state index is 13.4. The SMILES string of the molecule is Cc1cc(S(=O)(=O)Oc2cccc(C(=O)NCc3ccccc3)c2)ccc1F. The van der Waals surface area contributed by atoms with Crippen LogP contribution in [0.2, 0.25) is 0 Å². The first-order valence-electron chi connectivity index (χ1n) is 8.48. The molecule has 0 radical (unpaired) electrons. The molecule has 3 aromatic rings. The molecule has 0 aromatic heterocycles. The number of aryl methyl sites for hydroxylation is 1. The minimum atomic E-state index is -4.15. The van der Waals surface area contributed by atoms with Gasteiger partial charge in [-0.25, -0.2) is 4.39 Å². The minimum absolute atomic E-state index is 0.00524. The summed E-state index contributed by atoms with van der Waals surface area (Å²) in [7, 11) is -4.15. The highest BCUT2D eigenvalue weighted by atomic mass is 32.2. The Morgan fingerprint density at radius 3 is 2.46 bits per heavy atom. The van der Waals surface area contributed by atoms with E-state index >= 15 is 0 Å². The molecule has 0 saturated heterocycles. The van der Waals surface area contributed by atoms with Gasteiger partial charge < -0.3 is 9.50 Å². The maximum Gasteiger partial charge on any atom is 0.339 e. The predicted molar refractivity (Wildman–Crippen MR) is 103 cm³/mol. The zero-order valence-corrected chi connectivity index (χ0v) is 15.9. The topological polar surface area (TPSA) is 72.5 Å². The lowest BCUT2D eigenvalue weighted by Gasteiger charge is -2.10. The van der Waals surface area contributed by atoms with E-state index in [0.717, 1.165) is 17.7 Å². The van der Waals surface area contributed by atoms with E-state index in [4.69, 9.17) is 4.18 Å². The number of rotatable bonds is 6. The summed E-state index contributed by atoms with van der Waals surface area (Å²) in [6.07, 6.45) is 0. The molecule has 0 heterocycles. The quantitative estimate of drug-likeness (QED) is 0.640. The zero-order valence-electron chi connectivity index (χ0n) is 15.1. The van der Waals surface area contributed by atoms with Gasteiger partial charge >= 0.3 is 10.1 Å². The lowest BCUT2D eigenvalue weighted by molar-refractivity contribution is 0.0950. The summed E-state index contributed by atoms with van der Waals surface area (Å²) in [6.45, 7) is 1.81. The second-order valence-electron chi connectivity index (χ2n) is 6.14. The average molecular weight is 399 g/mol. The highest BCUT2D eigenvalue weighted by Crippen LogP contribution is 2.21. The number of benzene rings is 3. The van der Waals surface area contributed by atoms with Crippen molar-refractivity contribution >= 4 is 16.0 Å². The summed E-state index contributed by atoms with van der Waals surface area (Å²) < 4.78 is 43.3. The Kier molecular flexibility index (Phi) is 5.75. The molecule has 0 saturated carbocycles. The van der Waals surface area contributed by atoms with Crippen molar-refractivity contribution in [2.45, 2.75) is 18.4 Å². The van der Waals surface area contributed by atoms with E-state index in [1.54, 1.807) is 6.07 Å². The van der Waals surface area contributed by atoms with Gasteiger partial charge in [-0.1, -0.05) is 36.4 Å². The Morgan fingerprint density at radius 2 is 1.75 bits per heavy atom. The normalized spacial score (nSPS) is 11.1. The van der Waals surface area contributed by atoms with Crippen molar-refractivity contribution in [3.05, 3.63) is 95.3 Å². The van der Waals surface area contributed by atoms with Crippen LogP contribution in [0.1, 0.15) is 21.5 Å². The molecule has 1 N–H and O–H groups in total. The molecular weight excluding hydrogens is 381 g/mol. The first-order chi connectivity index (χ1) is 13.3. The molecule has 0 bridgehead atoms. The van der Waals surface area contributed by atoms with E-state index in [-0.39, 0.29) is 27.7 Å². The van der Waals surface area contributed by atoms with Crippen molar-refractivity contribution in [2.24, 2.45) is 0 Å². The van der Waals surface area contributed by atoms with Gasteiger partial charge in [0.25, 0.3) is 5.91 Å². The molecule has 0 aliphatic heterocycles. The number of hydrogen-bond acceptors (Lipinski definition) is 4. The van der Waals surface area contributed by atoms with Crippen molar-refractivity contribution in [2.75, 3.05) is 0 Å². The fourth-order valence-corrected chi connectivity index (χ4v) is 3.53. The third kappa shape index (κ3) is 4.75. The van der Waals surface area contributed by atoms with Crippen LogP contribution in [0.4, 0.5) is 4.39 Å². The Hall–Kier alpha value is -3.19. The molecule has 0 aliphatic rings. The minimum Gasteiger partial charge on any atom is -0.379 e. The third-order valence-electron chi connectivity index (χ3n) is 4.02. The van der Waals surface area contributed by atoms with E-state index < -0.39 is 15.9 Å². The number of hydrogen-bond donors (Lipinski definition) is 1. The third-order valence-corrected chi connectivity index (χ3v) is 5.26. The van der Waals surface area contributed by atoms with Crippen molar-refractivity contribution in [3.63, 3.8) is 0 Å². The number of amides is 1. The van der Waals surface area contributed by atoms with Gasteiger partial charge in [0.2, 0.25) is 0 Å². The maximum atomic E-state index is 13.4. The monoisotopic (exact) mass is 399 g/mol. The van der Waals surface area contributed by atoms with E-state index in [1.165, 1.54) is 31.2 Å². The van der Waals surface area contributed by atoms with E-state index in [0.29, 0.717) is 6.54 Å². The van der Waals surface area contributed by atoms with Crippen LogP contribution < -0.4 is 9.50 Å². The summed E-state index contributed by atoms with van der Waals surface area (Å²) in [5.41, 5.74) is 1.40. The van der Waals surface area contributed by atoms with Gasteiger partial charge in [-0.3, -0.25) is 4.79 Å². The van der Waals surface area contributed by atoms with Crippen LogP contribution >= 0.6 is 0 Å². The lowest BCUT2D eigenvalue weighted by Crippen LogP contribution is -2.22. The van der Waals surface area contributed by atoms with E-state index in [9.17, 15) is 17.6 Å². The van der Waals surface area contributed by atoms with Crippen LogP contribution in [0.25, 0.3) is 0 Å². The second kappa shape index (κ2) is 8.22. The molecular formula is C21H18FNO4S. The Balaban J connectivity index is 1.73. The fraction of sp³-hybridized carbons (Fsp3) is 0.0952. The molecule has 1 amide bonds. The molecule has 144 valence electrons. The number of halogens is 1. The van der Waals surface area contributed by atoms with Gasteiger partial charge in [0, 0.05) is 12.1 Å². The molecule has 0 fully saturated rings. The standard InChI is InChI=1S/C21H18FNO4S/c1-15-12-19(10-11-20(15)22)28(25,26)27-18-9-5-8-17(13-18)21(24)23-14-16-6-3-2-4-7-16/h2-13H,14H2,1H3,(H,23,24). The van der Waals surface area contributed by atoms with Crippen LogP contribution in [-0.2, 0) is 16.7 Å². The van der Waals surface area contributed by atoms with Crippen molar-refractivity contribution in [3.8, 4) is 5.75 Å². The first kappa shape index (κ1) is 19.6. The lowest BCUT2D eigenvalue weighted by atomic mass is 10.2. The molecule has 0 unspecified atom stereocenters. The molecule has 0 spiro atoms. The zero-order chi connectivity index (χ0) is 20.1. The van der Waals surface area contributed by atoms with Crippen LogP contribution in [0.5, 0.6) is 5.75 Å². The van der Waals surface area contributed by atoms with E-state index in [2.05, 4.69) is 5.32 Å². The summed E-state index contributed by atoms with van der Waals surface area (Å²) in [6, 6.07) is 18.7. The molecule has 0 atom stereocenters. The Labute approximate surface area is 162 Å². The van der Waals surface area contributed by atoms with Gasteiger partial charge in [-0.2, -0.15) is 8.42 Å². The van der Waals surface area contributed by atoms with E-state index in [1.807, 2.05) is 30.3 Å². The van der Waals surface area contributed by atoms with Crippen LogP contribution in [0.15, 0.2) is 77.7 Å². The Bertz CT molecular complexity index is 1100. The molecule has 3 rings (SSSR count). The summed E-state index contributed by atoms with van der Waals surface area (Å²) in [5, 5.41) is 2.77. The molecule has 0 aliphatic carbocycles. The Morgan fingerprint density at radius 1 is 1.00 bits per heavy atom. The van der Waals surface area contributed by atoms with Crippen molar-refractivity contribution in [1.82, 2.24) is 5.32 Å². The summed E-state index contributed by atoms with van der Waals surface area (Å²) >= 11 is 0. The fourth-order valence-electron chi connectivity index (χ4n) is 2.52. The van der Waals surface area contributed by atoms with Gasteiger partial charge in [-0.15, -0.1) is 0 Å². The van der Waals surface area contributed by atoms with Crippen molar-refractivity contribution < 1.29 is 21.8 Å². The number of nitrogens with one attached hydrogen (secondary N) is 1. The van der Waals surface area contributed by atoms with Gasteiger partial charge in [0.05, 0.1) is 0 Å². The van der Waals surface area contributed by atoms with Crippen molar-refractivity contribution in [1.29, 1.82) is 0 Å². The molecule has 3 aromatic carbocycles. The van der Waals surface area contributed by atoms with Gasteiger partial charge in [0.15, 0.2) is 0 Å². The predicted octanol–water partition coefficient (Wildman–Crippen LogP) is 3.83. The molecule has 28 heavy (non-hydrogen) atoms. The summed E-state index contributed by atoms with van der Waals surface area (Å²) in [4.78, 5) is 12.2. The summed E-state index contributed by atoms with van der Waals surface area (Å²) in [5.74, 6) is -0.866. The second-order valence-corrected chi connectivity index (χ2v) is 7.69. The van der Waals surface area contributed by atoms with Gasteiger partial charge in [-0.05, 0) is 54.4 Å². The smallest absolute Gasteiger partial charge is 0.339 e. The first-order valence-corrected chi connectivity index (χ1v) is 9.89. The number of carbonyl (C=O) groups is 1. The largest absolute Gasteiger partial charge is 0.379 e. The number of carbonyl (C=O) groups excluding carboxylic acids is 1. The molecule has 5 nitrogen and oxygen atoms in total.